The van der Waals surface area contributed by atoms with Crippen molar-refractivity contribution < 1.29 is 4.42 Å². The molecule has 84 valence electrons. The van der Waals surface area contributed by atoms with Crippen LogP contribution in [0.2, 0.25) is 0 Å². The Hall–Kier alpha value is -1.50. The first-order valence-electron chi connectivity index (χ1n) is 6.01. The number of aryl methyl sites for hydroxylation is 1. The van der Waals surface area contributed by atoms with E-state index < -0.39 is 0 Å². The van der Waals surface area contributed by atoms with Crippen LogP contribution in [0.5, 0.6) is 0 Å². The Kier molecular flexibility index (Phi) is 3.45. The fourth-order valence-corrected chi connectivity index (χ4v) is 2.17. The van der Waals surface area contributed by atoms with E-state index in [1.807, 2.05) is 12.1 Å². The lowest BCUT2D eigenvalue weighted by Crippen LogP contribution is -1.95. The molecule has 1 heteroatoms. The minimum absolute atomic E-state index is 0.985. The van der Waals surface area contributed by atoms with Crippen molar-refractivity contribution in [3.63, 3.8) is 0 Å². The average Bonchev–Trinajstić information content (AvgIpc) is 2.83. The monoisotopic (exact) mass is 214 g/mol. The van der Waals surface area contributed by atoms with E-state index in [4.69, 9.17) is 4.42 Å². The Morgan fingerprint density at radius 2 is 1.94 bits per heavy atom. The van der Waals surface area contributed by atoms with Gasteiger partial charge in [-0.3, -0.25) is 0 Å². The van der Waals surface area contributed by atoms with E-state index in [1.54, 1.807) is 6.26 Å². The lowest BCUT2D eigenvalue weighted by atomic mass is 9.94. The first kappa shape index (κ1) is 11.0. The van der Waals surface area contributed by atoms with Crippen molar-refractivity contribution in [3.8, 4) is 11.3 Å². The minimum atomic E-state index is 0.985. The highest BCUT2D eigenvalue weighted by Crippen LogP contribution is 2.28. The molecule has 0 amide bonds. The van der Waals surface area contributed by atoms with Gasteiger partial charge in [0.05, 0.1) is 6.26 Å². The van der Waals surface area contributed by atoms with Crippen molar-refractivity contribution in [2.45, 2.75) is 33.1 Å². The summed E-state index contributed by atoms with van der Waals surface area (Å²) in [4.78, 5) is 0. The summed E-state index contributed by atoms with van der Waals surface area (Å²) in [6.07, 6.45) is 5.12. The number of benzene rings is 1. The molecule has 1 aromatic heterocycles. The highest BCUT2D eigenvalue weighted by molar-refractivity contribution is 5.64. The van der Waals surface area contributed by atoms with Gasteiger partial charge in [-0.1, -0.05) is 38.5 Å². The second-order valence-electron chi connectivity index (χ2n) is 4.02. The van der Waals surface area contributed by atoms with Crippen molar-refractivity contribution in [1.82, 2.24) is 0 Å². The second-order valence-corrected chi connectivity index (χ2v) is 4.02. The summed E-state index contributed by atoms with van der Waals surface area (Å²) in [5, 5.41) is 0. The molecule has 2 rings (SSSR count). The van der Waals surface area contributed by atoms with Gasteiger partial charge in [-0.25, -0.2) is 0 Å². The molecule has 0 N–H and O–H groups in total. The van der Waals surface area contributed by atoms with Crippen LogP contribution in [0.25, 0.3) is 11.3 Å². The molecular formula is C15H18O. The number of hydrogen-bond donors (Lipinski definition) is 0. The van der Waals surface area contributed by atoms with Crippen molar-refractivity contribution in [2.24, 2.45) is 0 Å². The fourth-order valence-electron chi connectivity index (χ4n) is 2.17. The van der Waals surface area contributed by atoms with E-state index in [9.17, 15) is 0 Å². The molecule has 0 aliphatic rings. The number of hydrogen-bond acceptors (Lipinski definition) is 1. The minimum Gasteiger partial charge on any atom is -0.464 e. The molecule has 1 nitrogen and oxygen atoms in total. The summed E-state index contributed by atoms with van der Waals surface area (Å²) in [5.74, 6) is 0.985. The van der Waals surface area contributed by atoms with Gasteiger partial charge in [-0.2, -0.15) is 0 Å². The topological polar surface area (TPSA) is 13.1 Å². The summed E-state index contributed by atoms with van der Waals surface area (Å²) >= 11 is 0. The van der Waals surface area contributed by atoms with Crippen LogP contribution in [0, 0.1) is 0 Å². The Bertz CT molecular complexity index is 440. The number of furan rings is 1. The molecule has 0 aliphatic heterocycles. The molecule has 0 aliphatic carbocycles. The molecule has 0 bridgehead atoms. The lowest BCUT2D eigenvalue weighted by Gasteiger charge is -2.11. The van der Waals surface area contributed by atoms with Gasteiger partial charge in [0.1, 0.15) is 5.76 Å². The third kappa shape index (κ3) is 2.04. The Morgan fingerprint density at radius 3 is 2.56 bits per heavy atom. The van der Waals surface area contributed by atoms with Gasteiger partial charge in [0, 0.05) is 5.56 Å². The zero-order valence-corrected chi connectivity index (χ0v) is 9.99. The predicted molar refractivity (Wildman–Crippen MR) is 67.5 cm³/mol. The summed E-state index contributed by atoms with van der Waals surface area (Å²) in [6, 6.07) is 10.5. The van der Waals surface area contributed by atoms with Crippen molar-refractivity contribution in [3.05, 3.63) is 47.7 Å². The van der Waals surface area contributed by atoms with Gasteiger partial charge in [0.25, 0.3) is 0 Å². The van der Waals surface area contributed by atoms with E-state index in [2.05, 4.69) is 32.0 Å². The maximum absolute atomic E-state index is 5.51. The van der Waals surface area contributed by atoms with E-state index in [-0.39, 0.29) is 0 Å². The van der Waals surface area contributed by atoms with E-state index in [0.29, 0.717) is 0 Å². The smallest absolute Gasteiger partial charge is 0.134 e. The molecule has 0 atom stereocenters. The van der Waals surface area contributed by atoms with Gasteiger partial charge < -0.3 is 4.42 Å². The van der Waals surface area contributed by atoms with Crippen LogP contribution in [-0.2, 0) is 12.8 Å². The van der Waals surface area contributed by atoms with Crippen LogP contribution < -0.4 is 0 Å². The van der Waals surface area contributed by atoms with Gasteiger partial charge in [0.15, 0.2) is 0 Å². The molecular weight excluding hydrogens is 196 g/mol. The third-order valence-electron chi connectivity index (χ3n) is 2.94. The lowest BCUT2D eigenvalue weighted by molar-refractivity contribution is 0.581. The molecule has 16 heavy (non-hydrogen) atoms. The summed E-state index contributed by atoms with van der Waals surface area (Å²) in [5.41, 5.74) is 4.14. The first-order chi connectivity index (χ1) is 7.86. The zero-order chi connectivity index (χ0) is 11.4. The highest BCUT2D eigenvalue weighted by Gasteiger charge is 2.09. The van der Waals surface area contributed by atoms with Crippen LogP contribution in [-0.4, -0.2) is 0 Å². The molecule has 1 heterocycles. The quantitative estimate of drug-likeness (QED) is 0.732. The molecule has 0 unspecified atom stereocenters. The van der Waals surface area contributed by atoms with Crippen molar-refractivity contribution in [2.75, 3.05) is 0 Å². The standard InChI is InChI=1S/C15H18O/c1-3-7-13-12(4-2)8-5-9-14(13)15-10-6-11-16-15/h5-6,8-11H,3-4,7H2,1-2H3. The normalized spacial score (nSPS) is 10.6. The Labute approximate surface area is 97.1 Å². The summed E-state index contributed by atoms with van der Waals surface area (Å²) < 4.78 is 5.51. The number of rotatable bonds is 4. The molecule has 0 spiro atoms. The largest absolute Gasteiger partial charge is 0.464 e. The third-order valence-corrected chi connectivity index (χ3v) is 2.94. The average molecular weight is 214 g/mol. The Morgan fingerprint density at radius 1 is 1.06 bits per heavy atom. The summed E-state index contributed by atoms with van der Waals surface area (Å²) in [7, 11) is 0. The predicted octanol–water partition coefficient (Wildman–Crippen LogP) is 4.46. The van der Waals surface area contributed by atoms with Crippen molar-refractivity contribution >= 4 is 0 Å². The maximum atomic E-state index is 5.51. The molecule has 0 fully saturated rings. The van der Waals surface area contributed by atoms with Crippen LogP contribution in [0.3, 0.4) is 0 Å². The SMILES string of the molecule is CCCc1c(CC)cccc1-c1ccco1. The first-order valence-corrected chi connectivity index (χ1v) is 6.01. The zero-order valence-electron chi connectivity index (χ0n) is 9.99. The maximum Gasteiger partial charge on any atom is 0.134 e. The van der Waals surface area contributed by atoms with Crippen LogP contribution in [0.4, 0.5) is 0 Å². The van der Waals surface area contributed by atoms with Crippen molar-refractivity contribution in [1.29, 1.82) is 0 Å². The molecule has 0 radical (unpaired) electrons. The summed E-state index contributed by atoms with van der Waals surface area (Å²) in [6.45, 7) is 4.43. The molecule has 0 saturated carbocycles. The Balaban J connectivity index is 2.51. The molecule has 1 aromatic carbocycles. The van der Waals surface area contributed by atoms with Gasteiger partial charge >= 0.3 is 0 Å². The van der Waals surface area contributed by atoms with Crippen LogP contribution >= 0.6 is 0 Å². The van der Waals surface area contributed by atoms with Crippen LogP contribution in [0.1, 0.15) is 31.4 Å². The van der Waals surface area contributed by atoms with Gasteiger partial charge in [-0.15, -0.1) is 0 Å². The van der Waals surface area contributed by atoms with E-state index in [0.717, 1.165) is 18.6 Å². The highest BCUT2D eigenvalue weighted by atomic mass is 16.3. The van der Waals surface area contributed by atoms with E-state index >= 15 is 0 Å². The van der Waals surface area contributed by atoms with Crippen LogP contribution in [0.15, 0.2) is 41.0 Å². The fraction of sp³-hybridized carbons (Fsp3) is 0.333. The molecule has 2 aromatic rings. The second kappa shape index (κ2) is 5.02. The van der Waals surface area contributed by atoms with E-state index in [1.165, 1.54) is 23.1 Å². The molecule has 0 saturated heterocycles. The van der Waals surface area contributed by atoms with Gasteiger partial charge in [0.2, 0.25) is 0 Å². The van der Waals surface area contributed by atoms with Gasteiger partial charge in [-0.05, 0) is 36.1 Å².